The molecule has 0 heterocycles. The predicted octanol–water partition coefficient (Wildman–Crippen LogP) is 3.92. The molecule has 4 nitrogen and oxygen atoms in total. The minimum atomic E-state index is -3.95. The molecule has 25 heavy (non-hydrogen) atoms. The van der Waals surface area contributed by atoms with Gasteiger partial charge in [0.1, 0.15) is 5.92 Å². The Hall–Kier alpha value is -3.01. The number of hydrogen-bond donors (Lipinski definition) is 0. The molecule has 3 aromatic rings. The van der Waals surface area contributed by atoms with Crippen molar-refractivity contribution in [3.8, 4) is 0 Å². The second kappa shape index (κ2) is 7.26. The van der Waals surface area contributed by atoms with Gasteiger partial charge in [-0.3, -0.25) is 0 Å². The third-order valence-corrected chi connectivity index (χ3v) is 5.70. The van der Waals surface area contributed by atoms with Crippen LogP contribution in [-0.2, 0) is 9.84 Å². The minimum Gasteiger partial charge on any atom is -0.360 e. The first kappa shape index (κ1) is 16.8. The van der Waals surface area contributed by atoms with Crippen LogP contribution in [0, 0.1) is 0 Å². The van der Waals surface area contributed by atoms with E-state index in [1.807, 2.05) is 60.7 Å². The number of benzene rings is 3. The van der Waals surface area contributed by atoms with Crippen molar-refractivity contribution < 1.29 is 13.2 Å². The SMILES string of the molecule is [N-]=[N+]=C(C(c1ccccc1)c1ccccc1)S(=O)(=O)c1ccccc1. The van der Waals surface area contributed by atoms with Crippen LogP contribution in [-0.4, -0.2) is 18.3 Å². The molecule has 3 rings (SSSR count). The first-order valence-electron chi connectivity index (χ1n) is 7.76. The Balaban J connectivity index is 2.20. The van der Waals surface area contributed by atoms with Crippen LogP contribution in [0.4, 0.5) is 0 Å². The summed E-state index contributed by atoms with van der Waals surface area (Å²) < 4.78 is 26.1. The van der Waals surface area contributed by atoms with Gasteiger partial charge in [-0.2, -0.15) is 4.79 Å². The zero-order valence-corrected chi connectivity index (χ0v) is 14.2. The molecule has 0 aromatic heterocycles. The molecule has 0 aliphatic carbocycles. The number of hydrogen-bond acceptors (Lipinski definition) is 2. The Labute approximate surface area is 146 Å². The molecular formula is C20H16N2O2S. The van der Waals surface area contributed by atoms with Crippen molar-refractivity contribution in [2.24, 2.45) is 0 Å². The fraction of sp³-hybridized carbons (Fsp3) is 0.0500. The van der Waals surface area contributed by atoms with Crippen molar-refractivity contribution in [3.05, 3.63) is 108 Å². The normalized spacial score (nSPS) is 11.1. The van der Waals surface area contributed by atoms with E-state index in [1.165, 1.54) is 12.1 Å². The first-order chi connectivity index (χ1) is 12.1. The Kier molecular flexibility index (Phi) is 4.89. The average molecular weight is 348 g/mol. The molecule has 5 heteroatoms. The van der Waals surface area contributed by atoms with E-state index in [0.29, 0.717) is 0 Å². The Bertz CT molecular complexity index is 956. The molecule has 0 spiro atoms. The lowest BCUT2D eigenvalue weighted by atomic mass is 9.92. The van der Waals surface area contributed by atoms with Crippen molar-refractivity contribution in [1.82, 2.24) is 0 Å². The molecule has 0 aliphatic rings. The molecule has 0 unspecified atom stereocenters. The van der Waals surface area contributed by atoms with E-state index < -0.39 is 15.8 Å². The Morgan fingerprint density at radius 3 is 1.52 bits per heavy atom. The monoisotopic (exact) mass is 348 g/mol. The molecule has 0 saturated carbocycles. The van der Waals surface area contributed by atoms with Crippen molar-refractivity contribution in [2.45, 2.75) is 10.8 Å². The van der Waals surface area contributed by atoms with Gasteiger partial charge in [0, 0.05) is 0 Å². The third-order valence-electron chi connectivity index (χ3n) is 3.94. The van der Waals surface area contributed by atoms with E-state index in [2.05, 4.69) is 4.79 Å². The van der Waals surface area contributed by atoms with Crippen LogP contribution >= 0.6 is 0 Å². The van der Waals surface area contributed by atoms with Gasteiger partial charge in [-0.15, -0.1) is 0 Å². The number of sulfone groups is 1. The summed E-state index contributed by atoms with van der Waals surface area (Å²) in [6, 6.07) is 26.3. The van der Waals surface area contributed by atoms with Gasteiger partial charge in [-0.25, -0.2) is 8.42 Å². The zero-order valence-electron chi connectivity index (χ0n) is 13.4. The van der Waals surface area contributed by atoms with Crippen LogP contribution in [0.3, 0.4) is 0 Å². The minimum absolute atomic E-state index is 0.0969. The van der Waals surface area contributed by atoms with Gasteiger partial charge < -0.3 is 5.53 Å². The summed E-state index contributed by atoms with van der Waals surface area (Å²) in [4.78, 5) is 3.31. The first-order valence-corrected chi connectivity index (χ1v) is 9.25. The van der Waals surface area contributed by atoms with E-state index in [9.17, 15) is 13.9 Å². The van der Waals surface area contributed by atoms with E-state index >= 15 is 0 Å². The van der Waals surface area contributed by atoms with Crippen LogP contribution in [0.15, 0.2) is 95.9 Å². The highest BCUT2D eigenvalue weighted by Gasteiger charge is 2.39. The van der Waals surface area contributed by atoms with Gasteiger partial charge in [-0.05, 0) is 23.3 Å². The molecule has 0 atom stereocenters. The highest BCUT2D eigenvalue weighted by Crippen LogP contribution is 2.29. The van der Waals surface area contributed by atoms with Crippen molar-refractivity contribution >= 4 is 14.9 Å². The number of nitrogens with zero attached hydrogens (tertiary/aromatic N) is 2. The second-order valence-corrected chi connectivity index (χ2v) is 7.41. The van der Waals surface area contributed by atoms with Crippen LogP contribution in [0.1, 0.15) is 17.0 Å². The lowest BCUT2D eigenvalue weighted by Crippen LogP contribution is -2.25. The van der Waals surface area contributed by atoms with Crippen molar-refractivity contribution in [3.63, 3.8) is 0 Å². The topological polar surface area (TPSA) is 70.5 Å². The van der Waals surface area contributed by atoms with Gasteiger partial charge >= 0.3 is 5.04 Å². The molecule has 0 fully saturated rings. The van der Waals surface area contributed by atoms with E-state index in [1.54, 1.807) is 18.2 Å². The highest BCUT2D eigenvalue weighted by molar-refractivity contribution is 8.06. The summed E-state index contributed by atoms with van der Waals surface area (Å²) in [7, 11) is -3.95. The summed E-state index contributed by atoms with van der Waals surface area (Å²) >= 11 is 0. The smallest absolute Gasteiger partial charge is 0.360 e. The molecule has 3 aromatic carbocycles. The summed E-state index contributed by atoms with van der Waals surface area (Å²) in [5.41, 5.74) is 11.1. The van der Waals surface area contributed by atoms with Crippen molar-refractivity contribution in [2.75, 3.05) is 0 Å². The maximum absolute atomic E-state index is 13.1. The summed E-state index contributed by atoms with van der Waals surface area (Å²) in [5.74, 6) is -0.697. The van der Waals surface area contributed by atoms with Crippen molar-refractivity contribution in [1.29, 1.82) is 0 Å². The second-order valence-electron chi connectivity index (χ2n) is 5.51. The molecule has 0 saturated heterocycles. The Morgan fingerprint density at radius 1 is 0.720 bits per heavy atom. The third kappa shape index (κ3) is 3.43. The standard InChI is InChI=1S/C20H16N2O2S/c21-22-20(25(23,24)18-14-8-3-9-15-18)19(16-10-4-1-5-11-16)17-12-6-2-7-13-17/h1-15,19H. The number of rotatable bonds is 4. The van der Waals surface area contributed by atoms with Crippen LogP contribution in [0.25, 0.3) is 5.53 Å². The lowest BCUT2D eigenvalue weighted by molar-refractivity contribution is -0.00394. The zero-order chi connectivity index (χ0) is 17.7. The van der Waals surface area contributed by atoms with E-state index in [0.717, 1.165) is 11.1 Å². The quantitative estimate of drug-likeness (QED) is 0.310. The summed E-state index contributed by atoms with van der Waals surface area (Å²) in [5, 5.41) is -0.295. The van der Waals surface area contributed by atoms with Gasteiger partial charge in [0.05, 0.1) is 4.90 Å². The van der Waals surface area contributed by atoms with E-state index in [4.69, 9.17) is 0 Å². The van der Waals surface area contributed by atoms with Gasteiger partial charge in [-0.1, -0.05) is 78.9 Å². The molecular weight excluding hydrogens is 332 g/mol. The predicted molar refractivity (Wildman–Crippen MR) is 97.0 cm³/mol. The fourth-order valence-electron chi connectivity index (χ4n) is 2.76. The van der Waals surface area contributed by atoms with Crippen LogP contribution in [0.5, 0.6) is 0 Å². The van der Waals surface area contributed by atoms with Gasteiger partial charge in [0.15, 0.2) is 0 Å². The Morgan fingerprint density at radius 2 is 1.12 bits per heavy atom. The maximum atomic E-state index is 13.1. The largest absolute Gasteiger partial charge is 0.397 e. The molecule has 124 valence electrons. The average Bonchev–Trinajstić information content (AvgIpc) is 2.68. The van der Waals surface area contributed by atoms with Gasteiger partial charge in [0.25, 0.3) is 9.84 Å². The fourth-order valence-corrected chi connectivity index (χ4v) is 4.20. The van der Waals surface area contributed by atoms with Crippen LogP contribution < -0.4 is 0 Å². The molecule has 0 radical (unpaired) electrons. The molecule has 0 N–H and O–H groups in total. The molecule has 0 bridgehead atoms. The molecule has 0 aliphatic heterocycles. The highest BCUT2D eigenvalue weighted by atomic mass is 32.2. The van der Waals surface area contributed by atoms with E-state index in [-0.39, 0.29) is 9.94 Å². The molecule has 0 amide bonds. The van der Waals surface area contributed by atoms with Crippen LogP contribution in [0.2, 0.25) is 0 Å². The summed E-state index contributed by atoms with van der Waals surface area (Å²) in [6.45, 7) is 0. The lowest BCUT2D eigenvalue weighted by Gasteiger charge is -2.14. The summed E-state index contributed by atoms with van der Waals surface area (Å²) in [6.07, 6.45) is 0. The maximum Gasteiger partial charge on any atom is 0.397 e. The van der Waals surface area contributed by atoms with Gasteiger partial charge in [0.2, 0.25) is 0 Å².